The zero-order valence-electron chi connectivity index (χ0n) is 11.8. The zero-order valence-corrected chi connectivity index (χ0v) is 11.8. The van der Waals surface area contributed by atoms with Crippen molar-refractivity contribution in [2.75, 3.05) is 29.0 Å². The number of benzene rings is 2. The zero-order chi connectivity index (χ0) is 14.7. The predicted molar refractivity (Wildman–Crippen MR) is 86.7 cm³/mol. The van der Waals surface area contributed by atoms with Crippen LogP contribution >= 0.6 is 0 Å². The predicted octanol–water partition coefficient (Wildman–Crippen LogP) is 3.48. The lowest BCUT2D eigenvalue weighted by molar-refractivity contribution is 0.949. The van der Waals surface area contributed by atoms with Gasteiger partial charge in [-0.15, -0.1) is 0 Å². The van der Waals surface area contributed by atoms with Gasteiger partial charge in [-0.2, -0.15) is 5.26 Å². The van der Waals surface area contributed by atoms with Gasteiger partial charge >= 0.3 is 0 Å². The summed E-state index contributed by atoms with van der Waals surface area (Å²) in [6, 6.07) is 15.7. The van der Waals surface area contributed by atoms with Gasteiger partial charge in [-0.25, -0.2) is 0 Å². The van der Waals surface area contributed by atoms with E-state index in [0.29, 0.717) is 11.3 Å². The Morgan fingerprint density at radius 2 is 1.76 bits per heavy atom. The van der Waals surface area contributed by atoms with Gasteiger partial charge in [0.1, 0.15) is 0 Å². The molecule has 2 aromatic rings. The normalized spacial score (nSPS) is 14.0. The molecular formula is C17H18N4. The first-order valence-electron chi connectivity index (χ1n) is 7.18. The number of nitrogens with one attached hydrogen (secondary N) is 1. The van der Waals surface area contributed by atoms with Gasteiger partial charge in [-0.05, 0) is 55.3 Å². The summed E-state index contributed by atoms with van der Waals surface area (Å²) < 4.78 is 0. The molecule has 0 amide bonds. The Morgan fingerprint density at radius 3 is 2.43 bits per heavy atom. The maximum absolute atomic E-state index is 8.95. The standard InChI is InChI=1S/C17H18N4/c18-12-13-3-8-16(19)17(11-13)20-14-4-6-15(7-5-14)21-9-1-2-10-21/h3-8,11,20H,1-2,9-10,19H2. The van der Waals surface area contributed by atoms with E-state index < -0.39 is 0 Å². The quantitative estimate of drug-likeness (QED) is 0.844. The van der Waals surface area contributed by atoms with Crippen molar-refractivity contribution < 1.29 is 0 Å². The maximum atomic E-state index is 8.95. The number of nitrogens with two attached hydrogens (primary N) is 1. The van der Waals surface area contributed by atoms with Crippen LogP contribution in [0.2, 0.25) is 0 Å². The summed E-state index contributed by atoms with van der Waals surface area (Å²) in [5.74, 6) is 0. The van der Waals surface area contributed by atoms with Crippen LogP contribution in [0.3, 0.4) is 0 Å². The molecule has 0 bridgehead atoms. The Kier molecular flexibility index (Phi) is 3.65. The summed E-state index contributed by atoms with van der Waals surface area (Å²) in [6.07, 6.45) is 2.55. The summed E-state index contributed by atoms with van der Waals surface area (Å²) >= 11 is 0. The lowest BCUT2D eigenvalue weighted by atomic mass is 10.1. The summed E-state index contributed by atoms with van der Waals surface area (Å²) in [5, 5.41) is 12.2. The molecule has 1 fully saturated rings. The molecule has 0 aromatic heterocycles. The molecule has 4 heteroatoms. The van der Waals surface area contributed by atoms with E-state index >= 15 is 0 Å². The van der Waals surface area contributed by atoms with E-state index in [9.17, 15) is 0 Å². The van der Waals surface area contributed by atoms with Crippen molar-refractivity contribution in [3.63, 3.8) is 0 Å². The van der Waals surface area contributed by atoms with Crippen molar-refractivity contribution in [1.82, 2.24) is 0 Å². The molecule has 0 radical (unpaired) electrons. The van der Waals surface area contributed by atoms with Gasteiger partial charge in [0.25, 0.3) is 0 Å². The molecule has 2 aromatic carbocycles. The van der Waals surface area contributed by atoms with E-state index in [1.54, 1.807) is 18.2 Å². The fourth-order valence-electron chi connectivity index (χ4n) is 2.62. The van der Waals surface area contributed by atoms with Crippen LogP contribution in [-0.2, 0) is 0 Å². The van der Waals surface area contributed by atoms with Gasteiger partial charge in [0.05, 0.1) is 23.0 Å². The highest BCUT2D eigenvalue weighted by molar-refractivity contribution is 5.74. The minimum absolute atomic E-state index is 0.598. The molecule has 1 heterocycles. The fraction of sp³-hybridized carbons (Fsp3) is 0.235. The van der Waals surface area contributed by atoms with Gasteiger partial charge < -0.3 is 16.0 Å². The van der Waals surface area contributed by atoms with Gasteiger partial charge in [-0.1, -0.05) is 0 Å². The third kappa shape index (κ3) is 2.92. The molecule has 1 aliphatic rings. The van der Waals surface area contributed by atoms with E-state index in [0.717, 1.165) is 24.5 Å². The van der Waals surface area contributed by atoms with Crippen LogP contribution in [0.4, 0.5) is 22.7 Å². The van der Waals surface area contributed by atoms with Crippen molar-refractivity contribution in [3.05, 3.63) is 48.0 Å². The third-order valence-corrected chi connectivity index (χ3v) is 3.80. The first-order valence-corrected chi connectivity index (χ1v) is 7.18. The Morgan fingerprint density at radius 1 is 1.05 bits per heavy atom. The van der Waals surface area contributed by atoms with E-state index in [4.69, 9.17) is 11.0 Å². The minimum atomic E-state index is 0.598. The van der Waals surface area contributed by atoms with Crippen LogP contribution in [0.25, 0.3) is 0 Å². The van der Waals surface area contributed by atoms with Crippen LogP contribution < -0.4 is 16.0 Å². The second-order valence-corrected chi connectivity index (χ2v) is 5.28. The number of nitriles is 1. The third-order valence-electron chi connectivity index (χ3n) is 3.80. The molecule has 3 rings (SSSR count). The van der Waals surface area contributed by atoms with Crippen LogP contribution in [0.5, 0.6) is 0 Å². The SMILES string of the molecule is N#Cc1ccc(N)c(Nc2ccc(N3CCCC3)cc2)c1. The van der Waals surface area contributed by atoms with Gasteiger partial charge in [0.15, 0.2) is 0 Å². The second-order valence-electron chi connectivity index (χ2n) is 5.28. The summed E-state index contributed by atoms with van der Waals surface area (Å²) in [7, 11) is 0. The Hall–Kier alpha value is -2.67. The van der Waals surface area contributed by atoms with Crippen molar-refractivity contribution in [1.29, 1.82) is 5.26 Å². The second kappa shape index (κ2) is 5.76. The molecule has 1 saturated heterocycles. The van der Waals surface area contributed by atoms with Crippen LogP contribution in [0, 0.1) is 11.3 Å². The van der Waals surface area contributed by atoms with Crippen molar-refractivity contribution >= 4 is 22.7 Å². The summed E-state index contributed by atoms with van der Waals surface area (Å²) in [4.78, 5) is 2.40. The number of nitrogens with zero attached hydrogens (tertiary/aromatic N) is 2. The highest BCUT2D eigenvalue weighted by atomic mass is 15.1. The Balaban J connectivity index is 1.77. The molecular weight excluding hydrogens is 260 g/mol. The molecule has 21 heavy (non-hydrogen) atoms. The number of hydrogen-bond donors (Lipinski definition) is 2. The topological polar surface area (TPSA) is 65.1 Å². The number of rotatable bonds is 3. The van der Waals surface area contributed by atoms with E-state index in [-0.39, 0.29) is 0 Å². The van der Waals surface area contributed by atoms with Gasteiger partial charge in [0, 0.05) is 24.5 Å². The minimum Gasteiger partial charge on any atom is -0.397 e. The highest BCUT2D eigenvalue weighted by Crippen LogP contribution is 2.27. The number of nitrogen functional groups attached to an aromatic ring is 1. The average Bonchev–Trinajstić information content (AvgIpc) is 3.04. The fourth-order valence-corrected chi connectivity index (χ4v) is 2.62. The van der Waals surface area contributed by atoms with E-state index in [1.165, 1.54) is 18.5 Å². The smallest absolute Gasteiger partial charge is 0.0992 e. The monoisotopic (exact) mass is 278 g/mol. The lowest BCUT2D eigenvalue weighted by Crippen LogP contribution is -2.17. The first kappa shape index (κ1) is 13.3. The lowest BCUT2D eigenvalue weighted by Gasteiger charge is -2.18. The summed E-state index contributed by atoms with van der Waals surface area (Å²) in [6.45, 7) is 2.29. The van der Waals surface area contributed by atoms with E-state index in [2.05, 4.69) is 28.4 Å². The molecule has 4 nitrogen and oxygen atoms in total. The summed E-state index contributed by atoms with van der Waals surface area (Å²) in [5.41, 5.74) is 10.2. The van der Waals surface area contributed by atoms with Crippen LogP contribution in [-0.4, -0.2) is 13.1 Å². The molecule has 0 spiro atoms. The van der Waals surface area contributed by atoms with Crippen LogP contribution in [0.1, 0.15) is 18.4 Å². The molecule has 0 unspecified atom stereocenters. The van der Waals surface area contributed by atoms with Crippen molar-refractivity contribution in [3.8, 4) is 6.07 Å². The van der Waals surface area contributed by atoms with Crippen molar-refractivity contribution in [2.45, 2.75) is 12.8 Å². The number of anilines is 4. The molecule has 0 atom stereocenters. The van der Waals surface area contributed by atoms with Gasteiger partial charge in [-0.3, -0.25) is 0 Å². The van der Waals surface area contributed by atoms with Gasteiger partial charge in [0.2, 0.25) is 0 Å². The molecule has 0 saturated carbocycles. The molecule has 1 aliphatic heterocycles. The first-order chi connectivity index (χ1) is 10.3. The molecule has 0 aliphatic carbocycles. The molecule has 106 valence electrons. The van der Waals surface area contributed by atoms with E-state index in [1.807, 2.05) is 12.1 Å². The number of hydrogen-bond acceptors (Lipinski definition) is 4. The Bertz CT molecular complexity index is 664. The highest BCUT2D eigenvalue weighted by Gasteiger charge is 2.11. The Labute approximate surface area is 124 Å². The van der Waals surface area contributed by atoms with Crippen molar-refractivity contribution in [2.24, 2.45) is 0 Å². The van der Waals surface area contributed by atoms with Crippen LogP contribution in [0.15, 0.2) is 42.5 Å². The molecule has 3 N–H and O–H groups in total. The maximum Gasteiger partial charge on any atom is 0.0992 e. The average molecular weight is 278 g/mol. The largest absolute Gasteiger partial charge is 0.397 e.